The number of hydrogen-bond donors (Lipinski definition) is 0. The van der Waals surface area contributed by atoms with Crippen molar-refractivity contribution in [3.63, 3.8) is 0 Å². The lowest BCUT2D eigenvalue weighted by Gasteiger charge is -2.40. The molecule has 1 saturated heterocycles. The van der Waals surface area contributed by atoms with Crippen molar-refractivity contribution in [2.24, 2.45) is 0 Å². The smallest absolute Gasteiger partial charge is 0.248 e. The molecule has 0 N–H and O–H groups in total. The first-order chi connectivity index (χ1) is 10.8. The van der Waals surface area contributed by atoms with Gasteiger partial charge in [0.15, 0.2) is 0 Å². The van der Waals surface area contributed by atoms with E-state index in [1.54, 1.807) is 0 Å². The lowest BCUT2D eigenvalue weighted by Crippen LogP contribution is -2.52. The van der Waals surface area contributed by atoms with Crippen LogP contribution in [-0.4, -0.2) is 46.7 Å². The number of carbonyl (C=O) groups is 1. The highest BCUT2D eigenvalue weighted by atomic mass is 16.5. The van der Waals surface area contributed by atoms with Crippen LogP contribution in [0.2, 0.25) is 0 Å². The van der Waals surface area contributed by atoms with Crippen LogP contribution in [0.1, 0.15) is 37.5 Å². The molecule has 2 heterocycles. The molecule has 2 fully saturated rings. The van der Waals surface area contributed by atoms with Crippen LogP contribution < -0.4 is 0 Å². The van der Waals surface area contributed by atoms with Crippen LogP contribution >= 0.6 is 0 Å². The van der Waals surface area contributed by atoms with Crippen molar-refractivity contribution >= 4 is 16.9 Å². The molecule has 1 aromatic carbocycles. The second kappa shape index (κ2) is 5.39. The molecular formula is C17H21N3O2. The van der Waals surface area contributed by atoms with E-state index in [1.165, 1.54) is 24.2 Å². The zero-order valence-electron chi connectivity index (χ0n) is 12.9. The van der Waals surface area contributed by atoms with Gasteiger partial charge in [0.2, 0.25) is 5.91 Å². The van der Waals surface area contributed by atoms with E-state index in [9.17, 15) is 4.79 Å². The Balaban J connectivity index is 1.55. The van der Waals surface area contributed by atoms with Crippen molar-refractivity contribution in [1.82, 2.24) is 14.5 Å². The van der Waals surface area contributed by atoms with E-state index in [0.29, 0.717) is 18.6 Å². The molecule has 116 valence electrons. The number of amides is 1. The lowest BCUT2D eigenvalue weighted by molar-refractivity contribution is -0.141. The Kier molecular flexibility index (Phi) is 3.37. The van der Waals surface area contributed by atoms with Gasteiger partial charge in [0.05, 0.1) is 17.1 Å². The highest BCUT2D eigenvalue weighted by Gasteiger charge is 2.37. The van der Waals surface area contributed by atoms with Crippen LogP contribution in [0.4, 0.5) is 0 Å². The maximum Gasteiger partial charge on any atom is 0.248 e. The fraction of sp³-hybridized carbons (Fsp3) is 0.529. The van der Waals surface area contributed by atoms with Gasteiger partial charge in [0.1, 0.15) is 12.4 Å². The molecule has 5 heteroatoms. The predicted octanol–water partition coefficient (Wildman–Crippen LogP) is 2.33. The first kappa shape index (κ1) is 13.8. The third-order valence-corrected chi connectivity index (χ3v) is 4.58. The molecule has 0 bridgehead atoms. The minimum atomic E-state index is 0.0930. The average molecular weight is 299 g/mol. The molecule has 2 aromatic rings. The second-order valence-corrected chi connectivity index (χ2v) is 6.19. The number of imidazole rings is 1. The highest BCUT2D eigenvalue weighted by Crippen LogP contribution is 2.42. The summed E-state index contributed by atoms with van der Waals surface area (Å²) in [6.07, 6.45) is 2.48. The summed E-state index contributed by atoms with van der Waals surface area (Å²) >= 11 is 0. The number of benzene rings is 1. The Bertz CT molecular complexity index is 699. The fourth-order valence-corrected chi connectivity index (χ4v) is 3.18. The first-order valence-corrected chi connectivity index (χ1v) is 8.10. The summed E-state index contributed by atoms with van der Waals surface area (Å²) in [6.45, 7) is 4.23. The average Bonchev–Trinajstić information content (AvgIpc) is 3.26. The normalized spacial score (nSPS) is 18.7. The van der Waals surface area contributed by atoms with Crippen LogP contribution in [-0.2, 0) is 9.53 Å². The van der Waals surface area contributed by atoms with Crippen molar-refractivity contribution < 1.29 is 9.53 Å². The van der Waals surface area contributed by atoms with E-state index in [4.69, 9.17) is 9.72 Å². The Morgan fingerprint density at radius 2 is 2.09 bits per heavy atom. The summed E-state index contributed by atoms with van der Waals surface area (Å²) in [4.78, 5) is 18.7. The SMILES string of the molecule is CCOCC(=O)N1CC(n2c(C3CC3)nc3ccccc32)C1. The quantitative estimate of drug-likeness (QED) is 0.851. The summed E-state index contributed by atoms with van der Waals surface area (Å²) in [5.74, 6) is 1.92. The van der Waals surface area contributed by atoms with Gasteiger partial charge in [-0.15, -0.1) is 0 Å². The standard InChI is InChI=1S/C17H21N3O2/c1-2-22-11-16(21)19-9-13(10-19)20-15-6-4-3-5-14(15)18-17(20)12-7-8-12/h3-6,12-13H,2,7-11H2,1H3. The number of aromatic nitrogens is 2. The molecule has 1 saturated carbocycles. The molecule has 2 aliphatic rings. The third kappa shape index (κ3) is 2.29. The molecule has 0 unspecified atom stereocenters. The van der Waals surface area contributed by atoms with Crippen LogP contribution in [0.3, 0.4) is 0 Å². The minimum Gasteiger partial charge on any atom is -0.372 e. The Hall–Kier alpha value is -1.88. The number of likely N-dealkylation sites (tertiary alicyclic amines) is 1. The van der Waals surface area contributed by atoms with Crippen molar-refractivity contribution in [3.8, 4) is 0 Å². The zero-order chi connectivity index (χ0) is 15.1. The van der Waals surface area contributed by atoms with E-state index in [1.807, 2.05) is 17.9 Å². The van der Waals surface area contributed by atoms with Gasteiger partial charge in [0.25, 0.3) is 0 Å². The van der Waals surface area contributed by atoms with Gasteiger partial charge in [-0.1, -0.05) is 12.1 Å². The molecule has 1 aliphatic heterocycles. The maximum absolute atomic E-state index is 12.0. The summed E-state index contributed by atoms with van der Waals surface area (Å²) in [6, 6.07) is 8.67. The highest BCUT2D eigenvalue weighted by molar-refractivity contribution is 5.79. The number of ether oxygens (including phenoxy) is 1. The van der Waals surface area contributed by atoms with E-state index < -0.39 is 0 Å². The van der Waals surface area contributed by atoms with Crippen molar-refractivity contribution in [2.75, 3.05) is 26.3 Å². The van der Waals surface area contributed by atoms with Gasteiger partial charge in [-0.2, -0.15) is 0 Å². The topological polar surface area (TPSA) is 47.4 Å². The Morgan fingerprint density at radius 3 is 2.82 bits per heavy atom. The molecule has 22 heavy (non-hydrogen) atoms. The van der Waals surface area contributed by atoms with Gasteiger partial charge >= 0.3 is 0 Å². The second-order valence-electron chi connectivity index (χ2n) is 6.19. The van der Waals surface area contributed by atoms with Gasteiger partial charge in [-0.05, 0) is 31.9 Å². The molecule has 4 rings (SSSR count). The minimum absolute atomic E-state index is 0.0930. The number of rotatable bonds is 5. The largest absolute Gasteiger partial charge is 0.372 e. The van der Waals surface area contributed by atoms with E-state index in [2.05, 4.69) is 22.8 Å². The predicted molar refractivity (Wildman–Crippen MR) is 83.8 cm³/mol. The van der Waals surface area contributed by atoms with Crippen molar-refractivity contribution in [1.29, 1.82) is 0 Å². The Labute approximate surface area is 129 Å². The lowest BCUT2D eigenvalue weighted by atomic mass is 10.1. The molecule has 5 nitrogen and oxygen atoms in total. The van der Waals surface area contributed by atoms with Gasteiger partial charge in [-0.25, -0.2) is 4.98 Å². The van der Waals surface area contributed by atoms with Crippen LogP contribution in [0.15, 0.2) is 24.3 Å². The van der Waals surface area contributed by atoms with Gasteiger partial charge < -0.3 is 14.2 Å². The molecular weight excluding hydrogens is 278 g/mol. The number of carbonyl (C=O) groups excluding carboxylic acids is 1. The molecule has 0 spiro atoms. The fourth-order valence-electron chi connectivity index (χ4n) is 3.18. The van der Waals surface area contributed by atoms with Crippen LogP contribution in [0.25, 0.3) is 11.0 Å². The van der Waals surface area contributed by atoms with Gasteiger partial charge in [0, 0.05) is 25.6 Å². The van der Waals surface area contributed by atoms with Crippen molar-refractivity contribution in [2.45, 2.75) is 31.7 Å². The molecule has 1 aromatic heterocycles. The van der Waals surface area contributed by atoms with Crippen molar-refractivity contribution in [3.05, 3.63) is 30.1 Å². The monoisotopic (exact) mass is 299 g/mol. The number of nitrogens with zero attached hydrogens (tertiary/aromatic N) is 3. The summed E-state index contributed by atoms with van der Waals surface area (Å²) < 4.78 is 7.58. The third-order valence-electron chi connectivity index (χ3n) is 4.58. The molecule has 1 amide bonds. The van der Waals surface area contributed by atoms with E-state index >= 15 is 0 Å². The Morgan fingerprint density at radius 1 is 1.32 bits per heavy atom. The first-order valence-electron chi connectivity index (χ1n) is 8.10. The zero-order valence-corrected chi connectivity index (χ0v) is 12.9. The van der Waals surface area contributed by atoms with E-state index in [0.717, 1.165) is 18.6 Å². The van der Waals surface area contributed by atoms with Crippen LogP contribution in [0.5, 0.6) is 0 Å². The molecule has 0 radical (unpaired) electrons. The molecule has 0 atom stereocenters. The summed E-state index contributed by atoms with van der Waals surface area (Å²) in [5, 5.41) is 0. The summed E-state index contributed by atoms with van der Waals surface area (Å²) in [7, 11) is 0. The van der Waals surface area contributed by atoms with Crippen LogP contribution in [0, 0.1) is 0 Å². The van der Waals surface area contributed by atoms with Gasteiger partial charge in [-0.3, -0.25) is 4.79 Å². The number of fused-ring (bicyclic) bond motifs is 1. The summed E-state index contributed by atoms with van der Waals surface area (Å²) in [5.41, 5.74) is 2.27. The van der Waals surface area contributed by atoms with E-state index in [-0.39, 0.29) is 12.5 Å². The number of hydrogen-bond acceptors (Lipinski definition) is 3. The maximum atomic E-state index is 12.0. The number of para-hydroxylation sites is 2. The molecule has 1 aliphatic carbocycles.